The van der Waals surface area contributed by atoms with Gasteiger partial charge in [0.15, 0.2) is 0 Å². The summed E-state index contributed by atoms with van der Waals surface area (Å²) in [6.07, 6.45) is 0. The van der Waals surface area contributed by atoms with E-state index in [0.717, 1.165) is 5.56 Å². The lowest BCUT2D eigenvalue weighted by Gasteiger charge is -2.16. The third-order valence-electron chi connectivity index (χ3n) is 3.53. The molecular formula is C19H21N3O3. The number of hydrogen-bond donors (Lipinski definition) is 3. The third-order valence-corrected chi connectivity index (χ3v) is 3.53. The van der Waals surface area contributed by atoms with Gasteiger partial charge in [-0.15, -0.1) is 0 Å². The van der Waals surface area contributed by atoms with E-state index in [9.17, 15) is 14.4 Å². The first kappa shape index (κ1) is 18.2. The van der Waals surface area contributed by atoms with E-state index in [1.54, 1.807) is 43.3 Å². The quantitative estimate of drug-likeness (QED) is 0.783. The summed E-state index contributed by atoms with van der Waals surface area (Å²) in [6, 6.07) is 13.5. The Kier molecular flexibility index (Phi) is 5.89. The van der Waals surface area contributed by atoms with Crippen molar-refractivity contribution in [2.45, 2.75) is 26.8 Å². The molecular weight excluding hydrogens is 318 g/mol. The molecule has 0 unspecified atom stereocenters. The molecule has 2 aromatic rings. The molecule has 0 aliphatic rings. The van der Waals surface area contributed by atoms with E-state index in [1.165, 1.54) is 6.92 Å². The van der Waals surface area contributed by atoms with Gasteiger partial charge in [0.1, 0.15) is 6.04 Å². The molecule has 0 spiro atoms. The zero-order chi connectivity index (χ0) is 18.4. The molecule has 2 aromatic carbocycles. The lowest BCUT2D eigenvalue weighted by Crippen LogP contribution is -2.40. The first-order chi connectivity index (χ1) is 11.9. The van der Waals surface area contributed by atoms with Gasteiger partial charge in [-0.25, -0.2) is 0 Å². The average molecular weight is 339 g/mol. The van der Waals surface area contributed by atoms with Crippen LogP contribution in [-0.2, 0) is 9.59 Å². The average Bonchev–Trinajstić information content (AvgIpc) is 2.57. The van der Waals surface area contributed by atoms with Crippen LogP contribution in [0.5, 0.6) is 0 Å². The highest BCUT2D eigenvalue weighted by molar-refractivity contribution is 6.07. The van der Waals surface area contributed by atoms with Crippen LogP contribution in [0, 0.1) is 6.92 Å². The van der Waals surface area contributed by atoms with Crippen molar-refractivity contribution in [3.05, 3.63) is 59.7 Å². The summed E-state index contributed by atoms with van der Waals surface area (Å²) in [5, 5.41) is 8.07. The standard InChI is InChI=1S/C19H21N3O3/c1-12-9-10-16(21-19(25)15-7-5-4-6-8-15)17(11-12)22-18(24)13(2)20-14(3)23/h4-11,13H,1-3H3,(H,20,23)(H,21,25)(H,22,24)/t13-/m0/s1. The zero-order valence-electron chi connectivity index (χ0n) is 14.4. The first-order valence-electron chi connectivity index (χ1n) is 7.92. The lowest BCUT2D eigenvalue weighted by atomic mass is 10.1. The molecule has 25 heavy (non-hydrogen) atoms. The minimum Gasteiger partial charge on any atom is -0.345 e. The zero-order valence-corrected chi connectivity index (χ0v) is 14.4. The Bertz CT molecular complexity index is 788. The predicted molar refractivity (Wildman–Crippen MR) is 97.5 cm³/mol. The highest BCUT2D eigenvalue weighted by Gasteiger charge is 2.16. The molecule has 130 valence electrons. The SMILES string of the molecule is CC(=O)N[C@@H](C)C(=O)Nc1cc(C)ccc1NC(=O)c1ccccc1. The highest BCUT2D eigenvalue weighted by Crippen LogP contribution is 2.24. The Morgan fingerprint density at radius 1 is 0.920 bits per heavy atom. The van der Waals surface area contributed by atoms with E-state index in [2.05, 4.69) is 16.0 Å². The van der Waals surface area contributed by atoms with Crippen molar-refractivity contribution >= 4 is 29.1 Å². The summed E-state index contributed by atoms with van der Waals surface area (Å²) in [5.74, 6) is -0.921. The number of carbonyl (C=O) groups is 3. The molecule has 0 bridgehead atoms. The van der Waals surface area contributed by atoms with Crippen molar-refractivity contribution < 1.29 is 14.4 Å². The molecule has 0 aliphatic carbocycles. The Morgan fingerprint density at radius 2 is 1.60 bits per heavy atom. The molecule has 0 saturated carbocycles. The number of nitrogens with one attached hydrogen (secondary N) is 3. The van der Waals surface area contributed by atoms with Gasteiger partial charge in [0.25, 0.3) is 5.91 Å². The first-order valence-corrected chi connectivity index (χ1v) is 7.92. The van der Waals surface area contributed by atoms with Crippen LogP contribution in [0.2, 0.25) is 0 Å². The summed E-state index contributed by atoms with van der Waals surface area (Å²) < 4.78 is 0. The Balaban J connectivity index is 2.18. The number of carbonyl (C=O) groups excluding carboxylic acids is 3. The molecule has 6 nitrogen and oxygen atoms in total. The van der Waals surface area contributed by atoms with Crippen LogP contribution < -0.4 is 16.0 Å². The van der Waals surface area contributed by atoms with Gasteiger partial charge in [-0.2, -0.15) is 0 Å². The van der Waals surface area contributed by atoms with Crippen LogP contribution in [0.4, 0.5) is 11.4 Å². The molecule has 3 amide bonds. The molecule has 1 atom stereocenters. The van der Waals surface area contributed by atoms with Crippen molar-refractivity contribution in [1.29, 1.82) is 0 Å². The van der Waals surface area contributed by atoms with Gasteiger partial charge in [0.05, 0.1) is 11.4 Å². The topological polar surface area (TPSA) is 87.3 Å². The Labute approximate surface area is 146 Å². The number of amides is 3. The van der Waals surface area contributed by atoms with Crippen LogP contribution in [-0.4, -0.2) is 23.8 Å². The maximum atomic E-state index is 12.3. The number of rotatable bonds is 5. The summed E-state index contributed by atoms with van der Waals surface area (Å²) >= 11 is 0. The van der Waals surface area contributed by atoms with Crippen molar-refractivity contribution in [3.8, 4) is 0 Å². The second kappa shape index (κ2) is 8.10. The van der Waals surface area contributed by atoms with Crippen LogP contribution in [0.15, 0.2) is 48.5 Å². The van der Waals surface area contributed by atoms with E-state index in [1.807, 2.05) is 19.1 Å². The van der Waals surface area contributed by atoms with Crippen LogP contribution in [0.25, 0.3) is 0 Å². The molecule has 0 heterocycles. The van der Waals surface area contributed by atoms with Gasteiger partial charge >= 0.3 is 0 Å². The predicted octanol–water partition coefficient (Wildman–Crippen LogP) is 2.71. The fourth-order valence-corrected chi connectivity index (χ4v) is 2.27. The number of benzene rings is 2. The van der Waals surface area contributed by atoms with Crippen LogP contribution in [0.3, 0.4) is 0 Å². The minimum absolute atomic E-state index is 0.269. The smallest absolute Gasteiger partial charge is 0.255 e. The normalized spacial score (nSPS) is 11.3. The molecule has 0 aliphatic heterocycles. The fraction of sp³-hybridized carbons (Fsp3) is 0.211. The molecule has 0 fully saturated rings. The second-order valence-corrected chi connectivity index (χ2v) is 5.78. The number of aryl methyl sites for hydroxylation is 1. The van der Waals surface area contributed by atoms with E-state index in [0.29, 0.717) is 16.9 Å². The fourth-order valence-electron chi connectivity index (χ4n) is 2.27. The summed E-state index contributed by atoms with van der Waals surface area (Å²) in [4.78, 5) is 35.7. The largest absolute Gasteiger partial charge is 0.345 e. The summed E-state index contributed by atoms with van der Waals surface area (Å²) in [6.45, 7) is 4.83. The molecule has 0 radical (unpaired) electrons. The maximum Gasteiger partial charge on any atom is 0.255 e. The van der Waals surface area contributed by atoms with Crippen LogP contribution in [0.1, 0.15) is 29.8 Å². The Morgan fingerprint density at radius 3 is 2.24 bits per heavy atom. The van der Waals surface area contributed by atoms with Crippen LogP contribution >= 0.6 is 0 Å². The van der Waals surface area contributed by atoms with E-state index < -0.39 is 6.04 Å². The molecule has 6 heteroatoms. The second-order valence-electron chi connectivity index (χ2n) is 5.78. The molecule has 3 N–H and O–H groups in total. The summed E-state index contributed by atoms with van der Waals surface area (Å²) in [7, 11) is 0. The molecule has 2 rings (SSSR count). The van der Waals surface area contributed by atoms with Crippen molar-refractivity contribution in [2.24, 2.45) is 0 Å². The van der Waals surface area contributed by atoms with E-state index in [4.69, 9.17) is 0 Å². The van der Waals surface area contributed by atoms with Gasteiger partial charge in [-0.3, -0.25) is 14.4 Å². The van der Waals surface area contributed by atoms with Gasteiger partial charge in [-0.05, 0) is 43.7 Å². The van der Waals surface area contributed by atoms with Gasteiger partial charge in [0, 0.05) is 12.5 Å². The van der Waals surface area contributed by atoms with Gasteiger partial charge in [-0.1, -0.05) is 24.3 Å². The van der Waals surface area contributed by atoms with E-state index >= 15 is 0 Å². The molecule has 0 aromatic heterocycles. The lowest BCUT2D eigenvalue weighted by molar-refractivity contribution is -0.124. The maximum absolute atomic E-state index is 12.3. The van der Waals surface area contributed by atoms with Crippen molar-refractivity contribution in [3.63, 3.8) is 0 Å². The number of hydrogen-bond acceptors (Lipinski definition) is 3. The van der Waals surface area contributed by atoms with Crippen molar-refractivity contribution in [1.82, 2.24) is 5.32 Å². The molecule has 0 saturated heterocycles. The number of anilines is 2. The van der Waals surface area contributed by atoms with Gasteiger partial charge < -0.3 is 16.0 Å². The van der Waals surface area contributed by atoms with Gasteiger partial charge in [0.2, 0.25) is 11.8 Å². The third kappa shape index (κ3) is 5.17. The monoisotopic (exact) mass is 339 g/mol. The van der Waals surface area contributed by atoms with Crippen molar-refractivity contribution in [2.75, 3.05) is 10.6 Å². The minimum atomic E-state index is -0.685. The summed E-state index contributed by atoms with van der Waals surface area (Å²) in [5.41, 5.74) is 2.42. The van der Waals surface area contributed by atoms with E-state index in [-0.39, 0.29) is 17.7 Å². The Hall–Kier alpha value is -3.15. The highest BCUT2D eigenvalue weighted by atomic mass is 16.2.